The maximum Gasteiger partial charge on any atom is 0.191 e. The summed E-state index contributed by atoms with van der Waals surface area (Å²) in [4.78, 5) is 9.42. The number of likely N-dealkylation sites (tertiary alicyclic amines) is 1. The van der Waals surface area contributed by atoms with Crippen LogP contribution < -0.4 is 10.6 Å². The second kappa shape index (κ2) is 13.3. The van der Waals surface area contributed by atoms with E-state index in [1.807, 2.05) is 6.08 Å². The third kappa shape index (κ3) is 7.83. The first-order chi connectivity index (χ1) is 14.2. The lowest BCUT2D eigenvalue weighted by atomic mass is 10.00. The Balaban J connectivity index is 0.00000320. The van der Waals surface area contributed by atoms with Crippen molar-refractivity contribution in [3.8, 4) is 0 Å². The number of benzene rings is 1. The monoisotopic (exact) mass is 527 g/mol. The SMILES string of the molecule is C=CCN1CCC(NC(=NCC(O)CN2CCc3ccccc3C2)NCC)CC1.I. The van der Waals surface area contributed by atoms with E-state index < -0.39 is 6.10 Å². The first kappa shape index (κ1) is 25.1. The molecule has 7 heteroatoms. The third-order valence-electron chi connectivity index (χ3n) is 5.80. The zero-order valence-electron chi connectivity index (χ0n) is 18.2. The molecule has 1 aromatic rings. The topological polar surface area (TPSA) is 63.1 Å². The highest BCUT2D eigenvalue weighted by Crippen LogP contribution is 2.18. The Bertz CT molecular complexity index is 675. The van der Waals surface area contributed by atoms with Crippen molar-refractivity contribution >= 4 is 29.9 Å². The predicted molar refractivity (Wildman–Crippen MR) is 136 cm³/mol. The second-order valence-electron chi connectivity index (χ2n) is 8.14. The minimum Gasteiger partial charge on any atom is -0.390 e. The van der Waals surface area contributed by atoms with Crippen LogP contribution >= 0.6 is 24.0 Å². The Morgan fingerprint density at radius 2 is 1.97 bits per heavy atom. The van der Waals surface area contributed by atoms with E-state index in [1.54, 1.807) is 0 Å². The van der Waals surface area contributed by atoms with Gasteiger partial charge in [0.15, 0.2) is 5.96 Å². The number of rotatable bonds is 8. The molecule has 0 aliphatic carbocycles. The Morgan fingerprint density at radius 3 is 2.67 bits per heavy atom. The van der Waals surface area contributed by atoms with Crippen LogP contribution in [0.2, 0.25) is 0 Å². The van der Waals surface area contributed by atoms with Crippen molar-refractivity contribution in [3.63, 3.8) is 0 Å². The fourth-order valence-corrected chi connectivity index (χ4v) is 4.22. The number of halogens is 1. The summed E-state index contributed by atoms with van der Waals surface area (Å²) in [5.74, 6) is 0.817. The van der Waals surface area contributed by atoms with E-state index in [9.17, 15) is 5.11 Å². The summed E-state index contributed by atoms with van der Waals surface area (Å²) in [5, 5.41) is 17.4. The molecule has 1 fully saturated rings. The number of β-amino-alcohol motifs (C(OH)–C–C–N with tert-alkyl or cyclic N) is 1. The van der Waals surface area contributed by atoms with Gasteiger partial charge in [-0.2, -0.15) is 0 Å². The van der Waals surface area contributed by atoms with E-state index in [-0.39, 0.29) is 24.0 Å². The summed E-state index contributed by atoms with van der Waals surface area (Å²) >= 11 is 0. The first-order valence-electron chi connectivity index (χ1n) is 11.0. The lowest BCUT2D eigenvalue weighted by molar-refractivity contribution is 0.111. The summed E-state index contributed by atoms with van der Waals surface area (Å²) in [7, 11) is 0. The van der Waals surface area contributed by atoms with Crippen LogP contribution in [-0.2, 0) is 13.0 Å². The zero-order chi connectivity index (χ0) is 20.5. The molecule has 2 heterocycles. The summed E-state index contributed by atoms with van der Waals surface area (Å²) < 4.78 is 0. The molecule has 0 saturated carbocycles. The molecule has 0 spiro atoms. The molecule has 0 bridgehead atoms. The van der Waals surface area contributed by atoms with Gasteiger partial charge < -0.3 is 15.7 Å². The molecule has 1 unspecified atom stereocenters. The highest BCUT2D eigenvalue weighted by molar-refractivity contribution is 14.0. The first-order valence-corrected chi connectivity index (χ1v) is 11.0. The van der Waals surface area contributed by atoms with Gasteiger partial charge in [-0.25, -0.2) is 0 Å². The minimum absolute atomic E-state index is 0. The number of aliphatic imine (C=N–C) groups is 1. The summed E-state index contributed by atoms with van der Waals surface area (Å²) in [6.07, 6.45) is 4.79. The average molecular weight is 527 g/mol. The molecule has 1 saturated heterocycles. The van der Waals surface area contributed by atoms with Crippen LogP contribution in [-0.4, -0.2) is 78.8 Å². The Labute approximate surface area is 198 Å². The van der Waals surface area contributed by atoms with Crippen molar-refractivity contribution in [2.45, 2.75) is 44.9 Å². The number of piperidine rings is 1. The summed E-state index contributed by atoms with van der Waals surface area (Å²) in [6, 6.07) is 9.05. The highest BCUT2D eigenvalue weighted by atomic mass is 127. The molecule has 2 aliphatic rings. The van der Waals surface area contributed by atoms with Gasteiger partial charge in [-0.15, -0.1) is 30.6 Å². The standard InChI is InChI=1S/C23H37N5O.HI/c1-3-12-27-14-10-21(11-15-27)26-23(24-4-2)25-16-22(29)18-28-13-9-19-7-5-6-8-20(19)17-28;/h3,5-8,21-22,29H,1,4,9-18H2,2H3,(H2,24,25,26);1H. The zero-order valence-corrected chi connectivity index (χ0v) is 20.6. The number of aliphatic hydroxyl groups is 1. The van der Waals surface area contributed by atoms with Gasteiger partial charge in [0.1, 0.15) is 0 Å². The van der Waals surface area contributed by atoms with Gasteiger partial charge in [-0.1, -0.05) is 30.3 Å². The number of aliphatic hydroxyl groups excluding tert-OH is 1. The molecule has 0 radical (unpaired) electrons. The second-order valence-corrected chi connectivity index (χ2v) is 8.14. The smallest absolute Gasteiger partial charge is 0.191 e. The molecule has 2 aliphatic heterocycles. The normalized spacial score (nSPS) is 19.5. The van der Waals surface area contributed by atoms with Gasteiger partial charge in [-0.05, 0) is 37.3 Å². The molecule has 168 valence electrons. The van der Waals surface area contributed by atoms with Crippen molar-refractivity contribution in [2.24, 2.45) is 4.99 Å². The molecular weight excluding hydrogens is 489 g/mol. The molecule has 0 aromatic heterocycles. The van der Waals surface area contributed by atoms with E-state index in [1.165, 1.54) is 11.1 Å². The third-order valence-corrected chi connectivity index (χ3v) is 5.80. The van der Waals surface area contributed by atoms with Crippen LogP contribution in [0.1, 0.15) is 30.9 Å². The molecule has 0 amide bonds. The van der Waals surface area contributed by atoms with Gasteiger partial charge in [0.25, 0.3) is 0 Å². The van der Waals surface area contributed by atoms with Crippen LogP contribution in [0.5, 0.6) is 0 Å². The van der Waals surface area contributed by atoms with Crippen LogP contribution in [0.25, 0.3) is 0 Å². The number of fused-ring (bicyclic) bond motifs is 1. The molecule has 1 atom stereocenters. The molecule has 6 nitrogen and oxygen atoms in total. The number of nitrogens with one attached hydrogen (secondary N) is 2. The summed E-state index contributed by atoms with van der Waals surface area (Å²) in [6.45, 7) is 12.9. The van der Waals surface area contributed by atoms with Crippen molar-refractivity contribution in [3.05, 3.63) is 48.0 Å². The fraction of sp³-hybridized carbons (Fsp3) is 0.609. The van der Waals surface area contributed by atoms with Crippen LogP contribution in [0, 0.1) is 0 Å². The fourth-order valence-electron chi connectivity index (χ4n) is 4.22. The van der Waals surface area contributed by atoms with Crippen molar-refractivity contribution < 1.29 is 5.11 Å². The largest absolute Gasteiger partial charge is 0.390 e. The molecule has 1 aromatic carbocycles. The maximum absolute atomic E-state index is 10.5. The highest BCUT2D eigenvalue weighted by Gasteiger charge is 2.20. The van der Waals surface area contributed by atoms with Gasteiger partial charge in [0.05, 0.1) is 12.6 Å². The maximum atomic E-state index is 10.5. The average Bonchev–Trinajstić information content (AvgIpc) is 2.74. The van der Waals surface area contributed by atoms with E-state index >= 15 is 0 Å². The number of guanidine groups is 1. The van der Waals surface area contributed by atoms with Gasteiger partial charge in [0.2, 0.25) is 0 Å². The number of hydrogen-bond donors (Lipinski definition) is 3. The van der Waals surface area contributed by atoms with Crippen molar-refractivity contribution in [1.29, 1.82) is 0 Å². The Morgan fingerprint density at radius 1 is 1.23 bits per heavy atom. The quantitative estimate of drug-likeness (QED) is 0.210. The van der Waals surface area contributed by atoms with Gasteiger partial charge in [0, 0.05) is 51.9 Å². The number of hydrogen-bond acceptors (Lipinski definition) is 4. The van der Waals surface area contributed by atoms with Crippen LogP contribution in [0.4, 0.5) is 0 Å². The van der Waals surface area contributed by atoms with Gasteiger partial charge >= 0.3 is 0 Å². The van der Waals surface area contributed by atoms with Crippen molar-refractivity contribution in [2.75, 3.05) is 45.8 Å². The van der Waals surface area contributed by atoms with E-state index in [2.05, 4.69) is 63.2 Å². The number of nitrogens with zero attached hydrogens (tertiary/aromatic N) is 3. The Hall–Kier alpha value is -1.16. The van der Waals surface area contributed by atoms with E-state index in [0.29, 0.717) is 19.1 Å². The lowest BCUT2D eigenvalue weighted by Gasteiger charge is -2.32. The van der Waals surface area contributed by atoms with E-state index in [4.69, 9.17) is 0 Å². The lowest BCUT2D eigenvalue weighted by Crippen LogP contribution is -2.49. The van der Waals surface area contributed by atoms with Crippen LogP contribution in [0.15, 0.2) is 41.9 Å². The molecular formula is C23H38IN5O. The molecule has 3 N–H and O–H groups in total. The molecule has 30 heavy (non-hydrogen) atoms. The van der Waals surface area contributed by atoms with Crippen LogP contribution in [0.3, 0.4) is 0 Å². The van der Waals surface area contributed by atoms with Crippen molar-refractivity contribution in [1.82, 2.24) is 20.4 Å². The van der Waals surface area contributed by atoms with E-state index in [0.717, 1.165) is 64.5 Å². The minimum atomic E-state index is -0.454. The van der Waals surface area contributed by atoms with Gasteiger partial charge in [-0.3, -0.25) is 14.8 Å². The molecule has 3 rings (SSSR count). The predicted octanol–water partition coefficient (Wildman–Crippen LogP) is 2.23. The summed E-state index contributed by atoms with van der Waals surface area (Å²) in [5.41, 5.74) is 2.82. The Kier molecular flexibility index (Phi) is 11.1.